The van der Waals surface area contributed by atoms with Crippen molar-refractivity contribution in [3.8, 4) is 69.7 Å². The molecule has 5 heterocycles. The molecule has 1 radical (unpaired) electrons. The Hall–Kier alpha value is -6.04. The molecule has 0 spiro atoms. The summed E-state index contributed by atoms with van der Waals surface area (Å²) in [4.78, 5) is 42.2. The van der Waals surface area contributed by atoms with Gasteiger partial charge in [-0.3, -0.25) is 0 Å². The Labute approximate surface area is 469 Å². The molecule has 2 aliphatic rings. The van der Waals surface area contributed by atoms with Gasteiger partial charge in [0.1, 0.15) is 0 Å². The number of terminal acetylenes is 1. The third kappa shape index (κ3) is 11.3. The molecule has 77 heavy (non-hydrogen) atoms. The number of hydrogen-bond donors (Lipinski definition) is 0. The second kappa shape index (κ2) is 20.0. The molecule has 10 nitrogen and oxygen atoms in total. The molecular weight excluding hydrogens is 1030 g/mol. The van der Waals surface area contributed by atoms with Crippen LogP contribution >= 0.6 is 0 Å². The van der Waals surface area contributed by atoms with E-state index in [1.807, 2.05) is 18.2 Å². The van der Waals surface area contributed by atoms with E-state index < -0.39 is 16.6 Å². The maximum absolute atomic E-state index is 6.81. The molecule has 0 saturated carbocycles. The molecule has 0 N–H and O–H groups in total. The van der Waals surface area contributed by atoms with E-state index in [0.29, 0.717) is 51.5 Å². The fraction of sp³-hybridized carbons (Fsp3) is 0.406. The molecule has 13 heteroatoms. The van der Waals surface area contributed by atoms with Crippen molar-refractivity contribution in [2.24, 2.45) is 0 Å². The summed E-state index contributed by atoms with van der Waals surface area (Å²) in [6.07, 6.45) is 6.32. The first-order chi connectivity index (χ1) is 35.2. The van der Waals surface area contributed by atoms with Crippen molar-refractivity contribution < 1.29 is 25.6 Å². The molecule has 4 aromatic carbocycles. The fourth-order valence-electron chi connectivity index (χ4n) is 8.64. The van der Waals surface area contributed by atoms with E-state index in [0.717, 1.165) is 71.6 Å². The summed E-state index contributed by atoms with van der Waals surface area (Å²) in [5, 5.41) is 3.44. The minimum Gasteiger partial charge on any atom is -0.412 e. The van der Waals surface area contributed by atoms with E-state index in [1.54, 1.807) is 0 Å². The fourth-order valence-corrected chi connectivity index (χ4v) is 10.5. The standard InChI is InChI=1S/C64H74N8O2Si2.Co/c1-21-39(36-73-75(17,18)63(11,12)13)40(37-74-76(19,20)64(14,15)16)24-22-38-23-28-44-48(32-38)56-67-52(44)65-53-46-30-26-42(61(5,6)7)34-50(46)58(69-53)72-59-51-35-43(62(8,9)10)27-31-47(51)55(70-59)66-54-45-29-25-41(60(2,3)4)33-49(45)57(68-54)71-56;/h1,23,25-35H,36-37H2,2-20H3;/q-2;+2/b40-39+;. The number of fused-ring (bicyclic) bond motifs is 20. The first kappa shape index (κ1) is 57.1. The van der Waals surface area contributed by atoms with Crippen molar-refractivity contribution in [3.05, 3.63) is 106 Å². The molecule has 3 aromatic heterocycles. The van der Waals surface area contributed by atoms with E-state index in [9.17, 15) is 0 Å². The van der Waals surface area contributed by atoms with Crippen LogP contribution in [0.3, 0.4) is 0 Å². The molecule has 7 aromatic rings. The normalized spacial score (nSPS) is 13.6. The molecule has 0 unspecified atom stereocenters. The van der Waals surface area contributed by atoms with Gasteiger partial charge in [-0.2, -0.15) is 0 Å². The van der Waals surface area contributed by atoms with Gasteiger partial charge >= 0.3 is 16.8 Å². The maximum Gasteiger partial charge on any atom is 2.00 e. The molecule has 2 aliphatic heterocycles. The summed E-state index contributed by atoms with van der Waals surface area (Å²) >= 11 is 0. The van der Waals surface area contributed by atoms with Gasteiger partial charge in [0.25, 0.3) is 0 Å². The molecule has 9 rings (SSSR count). The van der Waals surface area contributed by atoms with Crippen molar-refractivity contribution >= 4 is 60.8 Å². The Morgan fingerprint density at radius 2 is 0.818 bits per heavy atom. The summed E-state index contributed by atoms with van der Waals surface area (Å²) in [6.45, 7) is 42.8. The van der Waals surface area contributed by atoms with Crippen molar-refractivity contribution in [1.82, 2.24) is 39.9 Å². The van der Waals surface area contributed by atoms with Crippen LogP contribution in [0.25, 0.3) is 89.7 Å². The Kier molecular flexibility index (Phi) is 14.8. The summed E-state index contributed by atoms with van der Waals surface area (Å²) < 4.78 is 13.5. The second-order valence-corrected chi connectivity index (χ2v) is 36.3. The average Bonchev–Trinajstić information content (AvgIpc) is 4.11. The van der Waals surface area contributed by atoms with Crippen LogP contribution in [-0.4, -0.2) is 59.8 Å². The van der Waals surface area contributed by atoms with Gasteiger partial charge in [-0.25, -0.2) is 9.97 Å². The molecule has 0 aliphatic carbocycles. The van der Waals surface area contributed by atoms with Crippen LogP contribution < -0.4 is 9.97 Å². The van der Waals surface area contributed by atoms with Gasteiger partial charge in [0.15, 0.2) is 16.6 Å². The molecule has 399 valence electrons. The molecule has 0 atom stereocenters. The number of rotatable bonds is 6. The molecule has 8 bridgehead atoms. The molecule has 0 fully saturated rings. The smallest absolute Gasteiger partial charge is 0.412 e. The zero-order valence-corrected chi connectivity index (χ0v) is 51.7. The van der Waals surface area contributed by atoms with Crippen LogP contribution in [0.4, 0.5) is 0 Å². The monoisotopic (exact) mass is 1100 g/mol. The van der Waals surface area contributed by atoms with Crippen LogP contribution in [0.2, 0.25) is 36.3 Å². The van der Waals surface area contributed by atoms with Crippen LogP contribution in [0.1, 0.15) is 126 Å². The van der Waals surface area contributed by atoms with E-state index in [4.69, 9.17) is 55.1 Å². The Balaban J connectivity index is 0.00000784. The third-order valence-electron chi connectivity index (χ3n) is 16.0. The van der Waals surface area contributed by atoms with E-state index >= 15 is 0 Å². The molecule has 0 amide bonds. The first-order valence-corrected chi connectivity index (χ1v) is 32.3. The van der Waals surface area contributed by atoms with E-state index in [2.05, 4.69) is 202 Å². The average molecular weight is 1100 g/mol. The van der Waals surface area contributed by atoms with E-state index in [-0.39, 0.29) is 56.3 Å². The maximum atomic E-state index is 6.81. The van der Waals surface area contributed by atoms with Gasteiger partial charge in [0.05, 0.1) is 36.5 Å². The topological polar surface area (TPSA) is 124 Å². The molecule has 0 saturated heterocycles. The van der Waals surface area contributed by atoms with Gasteiger partial charge in [-0.05, 0) is 121 Å². The largest absolute Gasteiger partial charge is 2.00 e. The summed E-state index contributed by atoms with van der Waals surface area (Å²) in [5.41, 5.74) is 10.6. The summed E-state index contributed by atoms with van der Waals surface area (Å²) in [7, 11) is -4.34. The Morgan fingerprint density at radius 3 is 1.23 bits per heavy atom. The van der Waals surface area contributed by atoms with E-state index in [1.165, 1.54) is 0 Å². The number of benzene rings is 4. The predicted octanol–water partition coefficient (Wildman–Crippen LogP) is 15.3. The van der Waals surface area contributed by atoms with Crippen LogP contribution in [0.15, 0.2) is 83.9 Å². The van der Waals surface area contributed by atoms with Crippen molar-refractivity contribution in [3.63, 3.8) is 0 Å². The Morgan fingerprint density at radius 1 is 0.455 bits per heavy atom. The third-order valence-corrected chi connectivity index (χ3v) is 24.9. The van der Waals surface area contributed by atoms with Gasteiger partial charge in [0, 0.05) is 61.6 Å². The van der Waals surface area contributed by atoms with Crippen LogP contribution in [-0.2, 0) is 41.9 Å². The first-order valence-electron chi connectivity index (χ1n) is 26.5. The van der Waals surface area contributed by atoms with Crippen molar-refractivity contribution in [2.75, 3.05) is 13.2 Å². The predicted molar refractivity (Wildman–Crippen MR) is 319 cm³/mol. The van der Waals surface area contributed by atoms with Crippen LogP contribution in [0.5, 0.6) is 0 Å². The Bertz CT molecular complexity index is 3820. The minimum absolute atomic E-state index is 0. The molecular formula is C64H74CoN8O2Si2. The van der Waals surface area contributed by atoms with Crippen molar-refractivity contribution in [1.29, 1.82) is 0 Å². The zero-order chi connectivity index (χ0) is 55.3. The SMILES string of the molecule is C#C/C(CO[Si](C)(C)C(C)(C)C)=C(/C#Cc1ccc2c(c1)-c1nc-2nc2[n-]c(nc3nc(nc4[n-]c(n1)c1cc(C(C)(C)C)ccc41)-c1ccc(C(C)(C)C)cc1-3)c1cc(C(C)(C)C)ccc21)CO[Si](C)(C)C(C)(C)C.[Co+2]. The zero-order valence-electron chi connectivity index (χ0n) is 48.6. The second-order valence-electron chi connectivity index (χ2n) is 26.7. The van der Waals surface area contributed by atoms with Crippen molar-refractivity contribution in [2.45, 2.75) is 156 Å². The minimum atomic E-state index is -2.19. The van der Waals surface area contributed by atoms with Gasteiger partial charge in [-0.15, -0.1) is 6.42 Å². The van der Waals surface area contributed by atoms with Gasteiger partial charge < -0.3 is 38.8 Å². The summed E-state index contributed by atoms with van der Waals surface area (Å²) in [6, 6.07) is 25.4. The number of nitrogens with zero attached hydrogens (tertiary/aromatic N) is 8. The number of hydrogen-bond acceptors (Lipinski definition) is 8. The van der Waals surface area contributed by atoms with Gasteiger partial charge in [-0.1, -0.05) is 164 Å². The number of aromatic nitrogens is 8. The van der Waals surface area contributed by atoms with Crippen LogP contribution in [0, 0.1) is 24.2 Å². The van der Waals surface area contributed by atoms with Gasteiger partial charge in [0.2, 0.25) is 0 Å². The summed E-state index contributed by atoms with van der Waals surface area (Å²) in [5.74, 6) is 11.9. The quantitative estimate of drug-likeness (QED) is 0.117.